The molecule has 0 saturated carbocycles. The number of carbonyl (C=O) groups excluding carboxylic acids is 9. The fraction of sp³-hybridized carbons (Fsp3) is 0.632. The lowest BCUT2D eigenvalue weighted by Gasteiger charge is -2.33. The molecule has 458 valence electrons. The molecule has 2 aromatic carbocycles. The molecule has 1 aliphatic rings. The summed E-state index contributed by atoms with van der Waals surface area (Å²) in [6.07, 6.45) is -6.45. The number of aliphatic hydroxyl groups excluding tert-OH is 1. The third kappa shape index (κ3) is 26.3. The molecule has 4 bridgehead atoms. The number of benzene rings is 2. The van der Waals surface area contributed by atoms with Gasteiger partial charge in [-0.1, -0.05) is 30.3 Å². The van der Waals surface area contributed by atoms with Crippen molar-refractivity contribution in [3.63, 3.8) is 0 Å². The number of likely N-dealkylation sites (N-methyl/N-ethyl adjacent to an activating group) is 1. The van der Waals surface area contributed by atoms with Gasteiger partial charge in [0.2, 0.25) is 23.6 Å². The number of hydrogen-bond donors (Lipinski definition) is 10. The maximum atomic E-state index is 15.1. The number of amides is 9. The summed E-state index contributed by atoms with van der Waals surface area (Å²) in [6.45, 7) is 23.7. The first-order valence-corrected chi connectivity index (χ1v) is 27.3. The van der Waals surface area contributed by atoms with E-state index in [1.807, 2.05) is 0 Å². The number of aliphatic hydroxyl groups is 1. The zero-order valence-corrected chi connectivity index (χ0v) is 50.4. The van der Waals surface area contributed by atoms with Gasteiger partial charge in [-0.2, -0.15) is 0 Å². The molecule has 0 saturated heterocycles. The summed E-state index contributed by atoms with van der Waals surface area (Å²) >= 11 is 0. The van der Waals surface area contributed by atoms with Crippen LogP contribution in [0, 0.1) is 0 Å². The maximum Gasteiger partial charge on any atom is 0.408 e. The van der Waals surface area contributed by atoms with Crippen molar-refractivity contribution in [2.75, 3.05) is 33.2 Å². The van der Waals surface area contributed by atoms with Gasteiger partial charge in [0.05, 0.1) is 12.6 Å². The van der Waals surface area contributed by atoms with Crippen LogP contribution in [0.4, 0.5) is 24.0 Å². The van der Waals surface area contributed by atoms with Gasteiger partial charge in [0, 0.05) is 52.0 Å². The van der Waals surface area contributed by atoms with Crippen molar-refractivity contribution < 1.29 is 77.0 Å². The van der Waals surface area contributed by atoms with Crippen LogP contribution in [0.1, 0.15) is 134 Å². The number of rotatable bonds is 17. The van der Waals surface area contributed by atoms with Gasteiger partial charge in [-0.3, -0.25) is 19.2 Å². The van der Waals surface area contributed by atoms with E-state index in [1.54, 1.807) is 140 Å². The molecule has 25 nitrogen and oxygen atoms in total. The Hall–Kier alpha value is -7.57. The highest BCUT2D eigenvalue weighted by molar-refractivity contribution is 5.96. The molecule has 0 aromatic heterocycles. The molecular formula is C57H89N9O16. The van der Waals surface area contributed by atoms with Crippen LogP contribution in [-0.2, 0) is 55.7 Å². The van der Waals surface area contributed by atoms with Gasteiger partial charge in [0.25, 0.3) is 0 Å². The smallest absolute Gasteiger partial charge is 0.408 e. The highest BCUT2D eigenvalue weighted by atomic mass is 16.6. The third-order valence-corrected chi connectivity index (χ3v) is 11.4. The monoisotopic (exact) mass is 1160 g/mol. The average Bonchev–Trinajstić information content (AvgIpc) is 3.40. The number of ether oxygens (including phenoxy) is 5. The molecule has 9 amide bonds. The Morgan fingerprint density at radius 2 is 1.16 bits per heavy atom. The van der Waals surface area contributed by atoms with E-state index in [0.29, 0.717) is 23.1 Å². The Balaban J connectivity index is 2.16. The Labute approximate surface area is 481 Å². The molecule has 0 aliphatic carbocycles. The molecule has 3 rings (SSSR count). The van der Waals surface area contributed by atoms with Crippen molar-refractivity contribution in [3.8, 4) is 16.9 Å². The van der Waals surface area contributed by atoms with Gasteiger partial charge < -0.3 is 81.3 Å². The molecule has 0 fully saturated rings. The zero-order chi connectivity index (χ0) is 62.1. The summed E-state index contributed by atoms with van der Waals surface area (Å²) < 4.78 is 27.0. The molecule has 0 spiro atoms. The largest absolute Gasteiger partial charge is 0.508 e. The lowest BCUT2D eigenvalue weighted by atomic mass is 9.95. The fourth-order valence-electron chi connectivity index (χ4n) is 7.95. The molecule has 10 N–H and O–H groups in total. The van der Waals surface area contributed by atoms with Crippen molar-refractivity contribution in [1.82, 2.24) is 47.4 Å². The predicted molar refractivity (Wildman–Crippen MR) is 303 cm³/mol. The molecule has 0 unspecified atom stereocenters. The van der Waals surface area contributed by atoms with Crippen LogP contribution in [0.25, 0.3) is 11.1 Å². The van der Waals surface area contributed by atoms with Crippen molar-refractivity contribution in [2.24, 2.45) is 0 Å². The summed E-state index contributed by atoms with van der Waals surface area (Å²) in [5.41, 5.74) is -2.64. The predicted octanol–water partition coefficient (Wildman–Crippen LogP) is 4.96. The van der Waals surface area contributed by atoms with Gasteiger partial charge in [-0.05, 0) is 151 Å². The van der Waals surface area contributed by atoms with Gasteiger partial charge >= 0.3 is 30.5 Å². The van der Waals surface area contributed by atoms with E-state index in [0.717, 1.165) is 4.90 Å². The molecular weight excluding hydrogens is 1070 g/mol. The second-order valence-electron chi connectivity index (χ2n) is 25.1. The van der Waals surface area contributed by atoms with E-state index >= 15 is 9.59 Å². The normalized spacial score (nSPS) is 17.3. The number of phenols is 1. The van der Waals surface area contributed by atoms with Crippen LogP contribution >= 0.6 is 0 Å². The van der Waals surface area contributed by atoms with E-state index in [9.17, 15) is 43.8 Å². The van der Waals surface area contributed by atoms with Crippen LogP contribution < -0.4 is 42.5 Å². The summed E-state index contributed by atoms with van der Waals surface area (Å²) in [7, 11) is 1.27. The van der Waals surface area contributed by atoms with Gasteiger partial charge in [0.1, 0.15) is 57.9 Å². The second-order valence-corrected chi connectivity index (χ2v) is 25.1. The first-order chi connectivity index (χ1) is 37.7. The Morgan fingerprint density at radius 3 is 1.73 bits per heavy atom. The fourth-order valence-corrected chi connectivity index (χ4v) is 7.95. The van der Waals surface area contributed by atoms with E-state index in [4.69, 9.17) is 23.7 Å². The maximum absolute atomic E-state index is 15.1. The van der Waals surface area contributed by atoms with Crippen molar-refractivity contribution >= 4 is 54.1 Å². The van der Waals surface area contributed by atoms with E-state index in [2.05, 4.69) is 42.5 Å². The van der Waals surface area contributed by atoms with Crippen LogP contribution in [0.15, 0.2) is 42.5 Å². The number of nitrogens with zero attached hydrogens (tertiary/aromatic N) is 1. The number of carbonyl (C=O) groups is 9. The van der Waals surface area contributed by atoms with Gasteiger partial charge in [-0.15, -0.1) is 0 Å². The minimum absolute atomic E-state index is 0.135. The Kier molecular flexibility index (Phi) is 24.6. The number of phenolic OH excluding ortho intramolecular Hbond substituents is 1. The summed E-state index contributed by atoms with van der Waals surface area (Å²) in [5, 5.41) is 43.5. The first kappa shape index (κ1) is 68.7. The highest BCUT2D eigenvalue weighted by Gasteiger charge is 2.38. The van der Waals surface area contributed by atoms with Gasteiger partial charge in [0.15, 0.2) is 0 Å². The standard InChI is InChI=1S/C57H89N9O16/c1-53(2,3)78-48(73)58-24-18-21-37(62-51(76)81-56(10,11)12)30-59-44(69)41(32-61-50(75)80-55(7,8)9)64-46(71)42-26-33-19-17-20-34(25-33)35-22-23-43(68)36(27-35)28-39(65-52(77)82-57(13,14)15)45(70)63-40(47(72)66(42)16)29-38(67)31-60-49(74)79-54(4,5)6/h17,19-20,22-23,25,27,37-42,67-68H,18,21,24,26,28-32H2,1-16H3,(H,58,73)(H,59,69)(H,60,74)(H,61,75)(H,62,76)(H,63,70)(H,64,71)(H,65,77)/t37-,38+,39-,40-,41-,42-/m0/s1. The minimum Gasteiger partial charge on any atom is -0.508 e. The topological polar surface area (TPSA) is 340 Å². The molecule has 2 aromatic rings. The average molecular weight is 1160 g/mol. The summed E-state index contributed by atoms with van der Waals surface area (Å²) in [6, 6.07) is 4.44. The lowest BCUT2D eigenvalue weighted by Crippen LogP contribution is -2.61. The number of alkyl carbamates (subject to hydrolysis) is 5. The number of aromatic hydroxyl groups is 1. The van der Waals surface area contributed by atoms with E-state index in [-0.39, 0.29) is 43.7 Å². The van der Waals surface area contributed by atoms with E-state index < -0.39 is 138 Å². The first-order valence-electron chi connectivity index (χ1n) is 27.3. The number of nitrogens with one attached hydrogen (secondary N) is 8. The van der Waals surface area contributed by atoms with E-state index in [1.165, 1.54) is 13.1 Å². The van der Waals surface area contributed by atoms with Crippen molar-refractivity contribution in [1.29, 1.82) is 0 Å². The zero-order valence-electron chi connectivity index (χ0n) is 50.4. The number of hydrogen-bond acceptors (Lipinski definition) is 16. The third-order valence-electron chi connectivity index (χ3n) is 11.4. The molecule has 0 radical (unpaired) electrons. The SMILES string of the molecule is CN1C(=O)[C@H](C[C@@H](O)CNC(=O)OC(C)(C)C)NC(=O)[C@@H](NC(=O)OC(C)(C)C)Cc2cc(ccc2O)-c2cccc(c2)C[C@H]1C(=O)N[C@@H](CNC(=O)OC(C)(C)C)C(=O)NC[C@H](CCCNC(=O)OC(C)(C)C)NC(=O)OC(C)(C)C. The molecule has 82 heavy (non-hydrogen) atoms. The molecule has 25 heteroatoms. The Morgan fingerprint density at radius 1 is 0.634 bits per heavy atom. The van der Waals surface area contributed by atoms with Crippen molar-refractivity contribution in [3.05, 3.63) is 53.6 Å². The quantitative estimate of drug-likeness (QED) is 0.0739. The van der Waals surface area contributed by atoms with Crippen LogP contribution in [0.5, 0.6) is 5.75 Å². The molecule has 1 aliphatic heterocycles. The summed E-state index contributed by atoms with van der Waals surface area (Å²) in [4.78, 5) is 125. The second kappa shape index (κ2) is 29.4. The Bertz CT molecular complexity index is 2560. The van der Waals surface area contributed by atoms with Crippen molar-refractivity contribution in [2.45, 2.75) is 200 Å². The van der Waals surface area contributed by atoms with Crippen LogP contribution in [0.3, 0.4) is 0 Å². The molecule has 6 atom stereocenters. The van der Waals surface area contributed by atoms with Crippen LogP contribution in [-0.4, -0.2) is 167 Å². The lowest BCUT2D eigenvalue weighted by molar-refractivity contribution is -0.143. The molecule has 1 heterocycles. The van der Waals surface area contributed by atoms with Gasteiger partial charge in [-0.25, -0.2) is 24.0 Å². The highest BCUT2D eigenvalue weighted by Crippen LogP contribution is 2.29. The summed E-state index contributed by atoms with van der Waals surface area (Å²) in [5.74, 6) is -3.90. The van der Waals surface area contributed by atoms with Crippen LogP contribution in [0.2, 0.25) is 0 Å². The number of fused-ring (bicyclic) bond motifs is 5. The minimum atomic E-state index is -1.69.